The van der Waals surface area contributed by atoms with Crippen molar-refractivity contribution in [2.45, 2.75) is 39.7 Å². The Morgan fingerprint density at radius 1 is 1.35 bits per heavy atom. The van der Waals surface area contributed by atoms with Crippen LogP contribution in [0.4, 0.5) is 5.82 Å². The van der Waals surface area contributed by atoms with Gasteiger partial charge in [0.1, 0.15) is 5.82 Å². The predicted molar refractivity (Wildman–Crippen MR) is 71.6 cm³/mol. The van der Waals surface area contributed by atoms with Gasteiger partial charge in [-0.2, -0.15) is 0 Å². The fourth-order valence-electron chi connectivity index (χ4n) is 2.78. The Bertz CT molecular complexity index is 354. The first-order valence-corrected chi connectivity index (χ1v) is 6.60. The van der Waals surface area contributed by atoms with E-state index in [1.165, 1.54) is 37.9 Å². The summed E-state index contributed by atoms with van der Waals surface area (Å²) < 4.78 is 0. The molecule has 1 aliphatic heterocycles. The van der Waals surface area contributed by atoms with E-state index in [9.17, 15) is 0 Å². The molecule has 0 bridgehead atoms. The summed E-state index contributed by atoms with van der Waals surface area (Å²) in [5.74, 6) is 0.603. The average Bonchev–Trinajstić information content (AvgIpc) is 2.76. The van der Waals surface area contributed by atoms with Crippen molar-refractivity contribution in [3.8, 4) is 0 Å². The van der Waals surface area contributed by atoms with E-state index in [1.54, 1.807) is 0 Å². The number of nitrogens with two attached hydrogens (primary N) is 1. The highest BCUT2D eigenvalue weighted by molar-refractivity contribution is 5.29. The molecule has 0 radical (unpaired) electrons. The van der Waals surface area contributed by atoms with Crippen LogP contribution < -0.4 is 5.73 Å². The molecule has 0 aliphatic carbocycles. The summed E-state index contributed by atoms with van der Waals surface area (Å²) in [5.41, 5.74) is 7.42. The summed E-state index contributed by atoms with van der Waals surface area (Å²) in [6.07, 6.45) is 5.82. The van der Waals surface area contributed by atoms with E-state index in [2.05, 4.69) is 29.8 Å². The quantitative estimate of drug-likeness (QED) is 0.869. The molecule has 1 aromatic heterocycles. The summed E-state index contributed by atoms with van der Waals surface area (Å²) in [4.78, 5) is 6.69. The van der Waals surface area contributed by atoms with E-state index >= 15 is 0 Å². The van der Waals surface area contributed by atoms with Gasteiger partial charge in [0.25, 0.3) is 0 Å². The van der Waals surface area contributed by atoms with Crippen LogP contribution in [0.3, 0.4) is 0 Å². The molecule has 0 atom stereocenters. The molecule has 0 spiro atoms. The molecule has 1 saturated heterocycles. The van der Waals surface area contributed by atoms with Crippen molar-refractivity contribution in [3.63, 3.8) is 0 Å². The lowest BCUT2D eigenvalue weighted by molar-refractivity contribution is 0.236. The third-order valence-electron chi connectivity index (χ3n) is 4.27. The highest BCUT2D eigenvalue weighted by atomic mass is 15.2. The first-order chi connectivity index (χ1) is 8.17. The predicted octanol–water partition coefficient (Wildman–Crippen LogP) is 2.68. The summed E-state index contributed by atoms with van der Waals surface area (Å²) in [6, 6.07) is 3.97. The van der Waals surface area contributed by atoms with Gasteiger partial charge in [-0.1, -0.05) is 19.9 Å². The summed E-state index contributed by atoms with van der Waals surface area (Å²) >= 11 is 0. The third kappa shape index (κ3) is 2.78. The smallest absolute Gasteiger partial charge is 0.123 e. The van der Waals surface area contributed by atoms with Crippen LogP contribution in [0.5, 0.6) is 0 Å². The molecule has 2 rings (SSSR count). The second kappa shape index (κ2) is 5.05. The zero-order chi connectivity index (χ0) is 12.3. The van der Waals surface area contributed by atoms with E-state index in [0.717, 1.165) is 6.54 Å². The van der Waals surface area contributed by atoms with Crippen LogP contribution in [0, 0.1) is 5.41 Å². The lowest BCUT2D eigenvalue weighted by Gasteiger charge is -2.26. The lowest BCUT2D eigenvalue weighted by Crippen LogP contribution is -2.26. The van der Waals surface area contributed by atoms with Crippen LogP contribution in [-0.2, 0) is 6.54 Å². The number of rotatable bonds is 4. The van der Waals surface area contributed by atoms with Crippen molar-refractivity contribution in [1.29, 1.82) is 0 Å². The van der Waals surface area contributed by atoms with E-state index in [-0.39, 0.29) is 0 Å². The Balaban J connectivity index is 1.95. The van der Waals surface area contributed by atoms with E-state index in [0.29, 0.717) is 11.2 Å². The van der Waals surface area contributed by atoms with Crippen LogP contribution >= 0.6 is 0 Å². The molecule has 3 nitrogen and oxygen atoms in total. The lowest BCUT2D eigenvalue weighted by atomic mass is 9.82. The maximum atomic E-state index is 5.60. The largest absolute Gasteiger partial charge is 0.384 e. The zero-order valence-electron chi connectivity index (χ0n) is 10.9. The topological polar surface area (TPSA) is 42.1 Å². The minimum absolute atomic E-state index is 0.557. The molecule has 17 heavy (non-hydrogen) atoms. The monoisotopic (exact) mass is 233 g/mol. The summed E-state index contributed by atoms with van der Waals surface area (Å²) in [5, 5.41) is 0. The molecule has 94 valence electrons. The SMILES string of the molecule is CCC1(CC)CCN(Cc2ccc(N)nc2)C1. The van der Waals surface area contributed by atoms with Gasteiger partial charge in [0, 0.05) is 19.3 Å². The van der Waals surface area contributed by atoms with Crippen LogP contribution in [0.25, 0.3) is 0 Å². The van der Waals surface area contributed by atoms with Crippen LogP contribution in [0.15, 0.2) is 18.3 Å². The van der Waals surface area contributed by atoms with Gasteiger partial charge in [-0.3, -0.25) is 4.90 Å². The maximum absolute atomic E-state index is 5.60. The van der Waals surface area contributed by atoms with E-state index in [1.807, 2.05) is 12.3 Å². The summed E-state index contributed by atoms with van der Waals surface area (Å²) in [7, 11) is 0. The minimum Gasteiger partial charge on any atom is -0.384 e. The molecule has 2 N–H and O–H groups in total. The van der Waals surface area contributed by atoms with Gasteiger partial charge in [-0.05, 0) is 42.9 Å². The van der Waals surface area contributed by atoms with E-state index in [4.69, 9.17) is 5.73 Å². The molecule has 0 unspecified atom stereocenters. The molecule has 2 heterocycles. The van der Waals surface area contributed by atoms with Crippen LogP contribution in [-0.4, -0.2) is 23.0 Å². The number of likely N-dealkylation sites (tertiary alicyclic amines) is 1. The number of nitrogens with zero attached hydrogens (tertiary/aromatic N) is 2. The molecular formula is C14H23N3. The van der Waals surface area contributed by atoms with Crippen molar-refractivity contribution < 1.29 is 0 Å². The highest BCUT2D eigenvalue weighted by Crippen LogP contribution is 2.37. The van der Waals surface area contributed by atoms with Gasteiger partial charge in [0.2, 0.25) is 0 Å². The molecule has 1 aliphatic rings. The van der Waals surface area contributed by atoms with Gasteiger partial charge in [-0.15, -0.1) is 0 Å². The molecule has 0 aromatic carbocycles. The molecule has 1 fully saturated rings. The number of anilines is 1. The fourth-order valence-corrected chi connectivity index (χ4v) is 2.78. The fraction of sp³-hybridized carbons (Fsp3) is 0.643. The minimum atomic E-state index is 0.557. The van der Waals surface area contributed by atoms with Crippen molar-refractivity contribution in [2.24, 2.45) is 5.41 Å². The second-order valence-electron chi connectivity index (χ2n) is 5.26. The second-order valence-corrected chi connectivity index (χ2v) is 5.26. The Morgan fingerprint density at radius 2 is 2.12 bits per heavy atom. The molecule has 0 amide bonds. The Morgan fingerprint density at radius 3 is 2.65 bits per heavy atom. The normalized spacial score (nSPS) is 19.6. The number of aromatic nitrogens is 1. The van der Waals surface area contributed by atoms with Crippen molar-refractivity contribution in [1.82, 2.24) is 9.88 Å². The number of pyridine rings is 1. The van der Waals surface area contributed by atoms with Crippen molar-refractivity contribution >= 4 is 5.82 Å². The number of hydrogen-bond donors (Lipinski definition) is 1. The Hall–Kier alpha value is -1.09. The van der Waals surface area contributed by atoms with Gasteiger partial charge in [0.05, 0.1) is 0 Å². The molecular weight excluding hydrogens is 210 g/mol. The van der Waals surface area contributed by atoms with Gasteiger partial charge in [0.15, 0.2) is 0 Å². The van der Waals surface area contributed by atoms with Gasteiger partial charge >= 0.3 is 0 Å². The van der Waals surface area contributed by atoms with Gasteiger partial charge < -0.3 is 5.73 Å². The van der Waals surface area contributed by atoms with Crippen molar-refractivity contribution in [3.05, 3.63) is 23.9 Å². The summed E-state index contributed by atoms with van der Waals surface area (Å²) in [6.45, 7) is 8.08. The number of hydrogen-bond acceptors (Lipinski definition) is 3. The number of nitrogen functional groups attached to an aromatic ring is 1. The van der Waals surface area contributed by atoms with Crippen LogP contribution in [0.1, 0.15) is 38.7 Å². The van der Waals surface area contributed by atoms with E-state index < -0.39 is 0 Å². The molecule has 1 aromatic rings. The first-order valence-electron chi connectivity index (χ1n) is 6.60. The first kappa shape index (κ1) is 12.4. The standard InChI is InChI=1S/C14H23N3/c1-3-14(4-2)7-8-17(11-14)10-12-5-6-13(15)16-9-12/h5-6,9H,3-4,7-8,10-11H2,1-2H3,(H2,15,16). The highest BCUT2D eigenvalue weighted by Gasteiger charge is 2.34. The Kier molecular flexibility index (Phi) is 3.67. The average molecular weight is 233 g/mol. The zero-order valence-corrected chi connectivity index (χ0v) is 10.9. The van der Waals surface area contributed by atoms with Crippen molar-refractivity contribution in [2.75, 3.05) is 18.8 Å². The maximum Gasteiger partial charge on any atom is 0.123 e. The third-order valence-corrected chi connectivity index (χ3v) is 4.27. The molecule has 0 saturated carbocycles. The van der Waals surface area contributed by atoms with Gasteiger partial charge in [-0.25, -0.2) is 4.98 Å². The Labute approximate surface area is 104 Å². The molecule has 3 heteroatoms. The van der Waals surface area contributed by atoms with Crippen LogP contribution in [0.2, 0.25) is 0 Å².